The number of benzene rings is 2. The van der Waals surface area contributed by atoms with Crippen LogP contribution in [0, 0.1) is 17.1 Å². The lowest BCUT2D eigenvalue weighted by atomic mass is 9.87. The van der Waals surface area contributed by atoms with Crippen molar-refractivity contribution in [3.8, 4) is 17.6 Å². The van der Waals surface area contributed by atoms with E-state index in [1.807, 2.05) is 26.8 Å². The molecule has 14 heteroatoms. The van der Waals surface area contributed by atoms with Crippen LogP contribution in [0.5, 0.6) is 11.5 Å². The third-order valence-electron chi connectivity index (χ3n) is 9.10. The minimum atomic E-state index is -3.78. The van der Waals surface area contributed by atoms with Gasteiger partial charge in [-0.3, -0.25) is 14.1 Å². The molecule has 250 valence electrons. The fraction of sp³-hybridized carbons (Fsp3) is 0.515. The first-order valence-corrected chi connectivity index (χ1v) is 17.4. The number of anilines is 1. The highest BCUT2D eigenvalue weighted by Gasteiger charge is 2.45. The van der Waals surface area contributed by atoms with E-state index in [9.17, 15) is 23.3 Å². The molecule has 3 heterocycles. The Hall–Kier alpha value is -4.22. The summed E-state index contributed by atoms with van der Waals surface area (Å²) in [6.07, 6.45) is 5.56. The van der Waals surface area contributed by atoms with E-state index in [0.29, 0.717) is 57.3 Å². The molecule has 3 aromatic rings. The van der Waals surface area contributed by atoms with Crippen molar-refractivity contribution in [3.63, 3.8) is 0 Å². The summed E-state index contributed by atoms with van der Waals surface area (Å²) in [5.74, 6) is -1.24. The second kappa shape index (κ2) is 12.4. The van der Waals surface area contributed by atoms with Crippen molar-refractivity contribution in [2.45, 2.75) is 88.2 Å². The Morgan fingerprint density at radius 1 is 1.17 bits per heavy atom. The van der Waals surface area contributed by atoms with E-state index >= 15 is 4.39 Å². The van der Waals surface area contributed by atoms with Gasteiger partial charge in [0.25, 0.3) is 5.56 Å². The van der Waals surface area contributed by atoms with Crippen molar-refractivity contribution in [2.24, 2.45) is 0 Å². The predicted molar refractivity (Wildman–Crippen MR) is 171 cm³/mol. The number of piperidine rings is 1. The second-order valence-corrected chi connectivity index (χ2v) is 15.5. The zero-order chi connectivity index (χ0) is 33.6. The fourth-order valence-electron chi connectivity index (χ4n) is 6.62. The number of likely N-dealkylation sites (tertiary alicyclic amines) is 1. The number of rotatable bonds is 6. The Kier molecular flexibility index (Phi) is 8.65. The van der Waals surface area contributed by atoms with Crippen LogP contribution in [0.4, 0.5) is 14.9 Å². The normalized spacial score (nSPS) is 20.0. The maximum Gasteiger partial charge on any atom is 0.410 e. The number of ether oxygens (including phenoxy) is 3. The molecule has 1 N–H and O–H groups in total. The number of nitriles is 1. The van der Waals surface area contributed by atoms with Gasteiger partial charge in [0.05, 0.1) is 46.4 Å². The highest BCUT2D eigenvalue weighted by Crippen LogP contribution is 2.41. The molecular formula is C33H38FN5O7S. The molecule has 1 saturated carbocycles. The molecule has 1 aliphatic carbocycles. The molecule has 1 unspecified atom stereocenters. The molecule has 1 spiro atoms. The maximum atomic E-state index is 15.0. The van der Waals surface area contributed by atoms with Gasteiger partial charge in [-0.1, -0.05) is 12.8 Å². The van der Waals surface area contributed by atoms with Crippen LogP contribution >= 0.6 is 0 Å². The number of amides is 1. The average molecular weight is 668 g/mol. The monoisotopic (exact) mass is 667 g/mol. The van der Waals surface area contributed by atoms with Crippen molar-refractivity contribution in [3.05, 3.63) is 58.4 Å². The molecule has 1 aromatic heterocycles. The van der Waals surface area contributed by atoms with E-state index in [4.69, 9.17) is 14.2 Å². The molecule has 2 aromatic carbocycles. The topological polar surface area (TPSA) is 153 Å². The number of sulfonamides is 1. The lowest BCUT2D eigenvalue weighted by Crippen LogP contribution is -2.48. The minimum Gasteiger partial charge on any atom is -0.453 e. The lowest BCUT2D eigenvalue weighted by Gasteiger charge is -2.39. The van der Waals surface area contributed by atoms with Crippen molar-refractivity contribution >= 4 is 32.7 Å². The van der Waals surface area contributed by atoms with Crippen LogP contribution in [0.25, 0.3) is 10.9 Å². The van der Waals surface area contributed by atoms with Gasteiger partial charge in [-0.25, -0.2) is 22.6 Å². The smallest absolute Gasteiger partial charge is 0.410 e. The summed E-state index contributed by atoms with van der Waals surface area (Å²) in [6.45, 7) is 6.76. The number of fused-ring (bicyclic) bond motifs is 1. The average Bonchev–Trinajstić information content (AvgIpc) is 3.71. The zero-order valence-corrected chi connectivity index (χ0v) is 27.4. The third kappa shape index (κ3) is 6.78. The summed E-state index contributed by atoms with van der Waals surface area (Å²) in [4.78, 5) is 32.4. The molecule has 3 aliphatic rings. The van der Waals surface area contributed by atoms with E-state index in [1.54, 1.807) is 11.0 Å². The number of nitrogens with zero attached hydrogens (tertiary/aromatic N) is 4. The van der Waals surface area contributed by atoms with Crippen LogP contribution < -0.4 is 15.0 Å². The number of hydrogen-bond acceptors (Lipinski definition) is 9. The third-order valence-corrected chi connectivity index (χ3v) is 11.0. The molecule has 12 nitrogen and oxygen atoms in total. The summed E-state index contributed by atoms with van der Waals surface area (Å²) in [5, 5.41) is 9.54. The van der Waals surface area contributed by atoms with Gasteiger partial charge in [0, 0.05) is 13.1 Å². The Morgan fingerprint density at radius 3 is 2.57 bits per heavy atom. The predicted octanol–water partition coefficient (Wildman–Crippen LogP) is 5.61. The van der Waals surface area contributed by atoms with Crippen molar-refractivity contribution in [2.75, 3.05) is 24.4 Å². The molecule has 1 atom stereocenters. The minimum absolute atomic E-state index is 0.0762. The molecular weight excluding hydrogens is 629 g/mol. The Balaban J connectivity index is 1.21. The van der Waals surface area contributed by atoms with Crippen LogP contribution in [0.2, 0.25) is 0 Å². The Labute approximate surface area is 272 Å². The van der Waals surface area contributed by atoms with Crippen LogP contribution in [-0.4, -0.2) is 65.1 Å². The van der Waals surface area contributed by atoms with E-state index in [-0.39, 0.29) is 40.1 Å². The number of aromatic nitrogens is 2. The maximum absolute atomic E-state index is 15.0. The Morgan fingerprint density at radius 2 is 1.89 bits per heavy atom. The molecule has 0 bridgehead atoms. The number of nitrogens with one attached hydrogen (secondary N) is 1. The largest absolute Gasteiger partial charge is 0.453 e. The summed E-state index contributed by atoms with van der Waals surface area (Å²) in [5.41, 5.74) is -1.37. The van der Waals surface area contributed by atoms with Gasteiger partial charge < -0.3 is 19.1 Å². The van der Waals surface area contributed by atoms with Crippen LogP contribution in [0.1, 0.15) is 77.3 Å². The van der Waals surface area contributed by atoms with E-state index in [2.05, 4.69) is 9.71 Å². The molecule has 1 amide bonds. The second-order valence-electron chi connectivity index (χ2n) is 13.5. The summed E-state index contributed by atoms with van der Waals surface area (Å²) in [7, 11) is -3.78. The van der Waals surface area contributed by atoms with Gasteiger partial charge in [-0.15, -0.1) is 0 Å². The number of carbonyl (C=O) groups excluding carboxylic acids is 1. The first-order chi connectivity index (χ1) is 22.3. The lowest BCUT2D eigenvalue weighted by molar-refractivity contribution is -0.0486. The molecule has 3 fully saturated rings. The standard InChI is InChI=1S/C33H38FN5O7S/c1-32(2,3)46-31(41)38-14-12-33(13-15-38)17-21(19-44-33)39-20-36-27-10-8-22(16-24(27)30(39)40)45-29-25(18-35)28(11-9-26(29)34)37-47(42,43)23-6-4-5-7-23/h8-11,16,20-21,23,37H,4-7,12-15,17,19H2,1-3H3. The highest BCUT2D eigenvalue weighted by atomic mass is 32.2. The van der Waals surface area contributed by atoms with E-state index in [0.717, 1.165) is 18.9 Å². The van der Waals surface area contributed by atoms with Crippen LogP contribution in [0.3, 0.4) is 0 Å². The summed E-state index contributed by atoms with van der Waals surface area (Å²) in [6, 6.07) is 8.31. The molecule has 2 aliphatic heterocycles. The van der Waals surface area contributed by atoms with Gasteiger partial charge in [-0.05, 0) is 83.2 Å². The molecule has 2 saturated heterocycles. The number of carbonyl (C=O) groups is 1. The fourth-order valence-corrected chi connectivity index (χ4v) is 8.21. The molecule has 6 rings (SSSR count). The van der Waals surface area contributed by atoms with Crippen LogP contribution in [-0.2, 0) is 19.5 Å². The quantitative estimate of drug-likeness (QED) is 0.353. The van der Waals surface area contributed by atoms with Crippen molar-refractivity contribution in [1.82, 2.24) is 14.5 Å². The molecule has 0 radical (unpaired) electrons. The first-order valence-electron chi connectivity index (χ1n) is 15.8. The van der Waals surface area contributed by atoms with E-state index < -0.39 is 38.0 Å². The van der Waals surface area contributed by atoms with Crippen molar-refractivity contribution in [1.29, 1.82) is 5.26 Å². The van der Waals surface area contributed by atoms with Gasteiger partial charge >= 0.3 is 6.09 Å². The Bertz CT molecular complexity index is 1900. The first kappa shape index (κ1) is 32.7. The van der Waals surface area contributed by atoms with Crippen molar-refractivity contribution < 1.29 is 31.8 Å². The van der Waals surface area contributed by atoms with E-state index in [1.165, 1.54) is 29.1 Å². The number of halogens is 1. The highest BCUT2D eigenvalue weighted by molar-refractivity contribution is 7.93. The van der Waals surface area contributed by atoms with Gasteiger partial charge in [0.15, 0.2) is 11.6 Å². The number of hydrogen-bond donors (Lipinski definition) is 1. The van der Waals surface area contributed by atoms with Gasteiger partial charge in [-0.2, -0.15) is 5.26 Å². The summed E-state index contributed by atoms with van der Waals surface area (Å²) < 4.78 is 62.4. The SMILES string of the molecule is CC(C)(C)OC(=O)N1CCC2(CC1)CC(n1cnc3ccc(Oc4c(F)ccc(NS(=O)(=O)C5CCCC5)c4C#N)cc3c1=O)CO2. The van der Waals surface area contributed by atoms with Gasteiger partial charge in [0.1, 0.15) is 23.0 Å². The van der Waals surface area contributed by atoms with Gasteiger partial charge in [0.2, 0.25) is 10.0 Å². The van der Waals surface area contributed by atoms with Crippen LogP contribution in [0.15, 0.2) is 41.5 Å². The molecule has 47 heavy (non-hydrogen) atoms. The zero-order valence-electron chi connectivity index (χ0n) is 26.6. The summed E-state index contributed by atoms with van der Waals surface area (Å²) >= 11 is 0.